The van der Waals surface area contributed by atoms with E-state index in [0.717, 1.165) is 36.9 Å². The zero-order chi connectivity index (χ0) is 24.8. The summed E-state index contributed by atoms with van der Waals surface area (Å²) >= 11 is 0. The highest BCUT2D eigenvalue weighted by atomic mass is 16.5. The lowest BCUT2D eigenvalue weighted by Gasteiger charge is -2.22. The van der Waals surface area contributed by atoms with E-state index in [2.05, 4.69) is 10.3 Å². The largest absolute Gasteiger partial charge is 0.494 e. The molecule has 1 aromatic carbocycles. The van der Waals surface area contributed by atoms with Crippen LogP contribution in [0, 0.1) is 6.92 Å². The molecule has 3 heterocycles. The predicted octanol–water partition coefficient (Wildman–Crippen LogP) is 2.98. The van der Waals surface area contributed by atoms with Crippen molar-refractivity contribution in [2.75, 3.05) is 25.1 Å². The summed E-state index contributed by atoms with van der Waals surface area (Å²) in [5, 5.41) is 11.8. The van der Waals surface area contributed by atoms with Crippen molar-refractivity contribution in [2.45, 2.75) is 51.5 Å². The Kier molecular flexibility index (Phi) is 7.98. The minimum atomic E-state index is -0.374. The lowest BCUT2D eigenvalue weighted by Crippen LogP contribution is -2.30. The first kappa shape index (κ1) is 24.7. The molecule has 4 rings (SSSR count). The summed E-state index contributed by atoms with van der Waals surface area (Å²) in [5.41, 5.74) is 4.67. The van der Waals surface area contributed by atoms with Crippen LogP contribution in [0.4, 0.5) is 11.6 Å². The number of hydroxylamine groups is 1. The Labute approximate surface area is 203 Å². The van der Waals surface area contributed by atoms with Gasteiger partial charge in [-0.3, -0.25) is 19.1 Å². The Bertz CT molecular complexity index is 1230. The number of aromatic nitrogens is 4. The molecule has 35 heavy (non-hydrogen) atoms. The van der Waals surface area contributed by atoms with Gasteiger partial charge in [0, 0.05) is 44.5 Å². The van der Waals surface area contributed by atoms with E-state index in [1.165, 1.54) is 0 Å². The third kappa shape index (κ3) is 5.80. The summed E-state index contributed by atoms with van der Waals surface area (Å²) in [6.45, 7) is 3.77. The average molecular weight is 485 g/mol. The van der Waals surface area contributed by atoms with Crippen LogP contribution in [0.3, 0.4) is 0 Å². The molecule has 188 valence electrons. The van der Waals surface area contributed by atoms with Crippen LogP contribution in [-0.4, -0.2) is 50.0 Å². The molecule has 1 aliphatic heterocycles. The van der Waals surface area contributed by atoms with Gasteiger partial charge in [0.25, 0.3) is 0 Å². The number of nitrogens with one attached hydrogen (secondary N) is 2. The van der Waals surface area contributed by atoms with Crippen molar-refractivity contribution in [3.8, 4) is 5.75 Å². The summed E-state index contributed by atoms with van der Waals surface area (Å²) in [5.74, 6) is 0.748. The molecule has 11 nitrogen and oxygen atoms in total. The highest BCUT2D eigenvalue weighted by molar-refractivity contribution is 5.74. The smallest absolute Gasteiger partial charge is 0.330 e. The van der Waals surface area contributed by atoms with Crippen LogP contribution >= 0.6 is 0 Å². The zero-order valence-electron chi connectivity index (χ0n) is 20.1. The van der Waals surface area contributed by atoms with Crippen molar-refractivity contribution in [1.82, 2.24) is 24.6 Å². The number of amides is 1. The van der Waals surface area contributed by atoms with Crippen molar-refractivity contribution in [3.05, 3.63) is 40.4 Å². The molecule has 0 radical (unpaired) electrons. The average Bonchev–Trinajstić information content (AvgIpc) is 3.12. The maximum Gasteiger partial charge on any atom is 0.330 e. The van der Waals surface area contributed by atoms with E-state index in [9.17, 15) is 9.59 Å². The molecule has 0 saturated carbocycles. The van der Waals surface area contributed by atoms with Crippen LogP contribution in [0.5, 0.6) is 5.75 Å². The molecule has 0 aliphatic carbocycles. The normalized spacial score (nSPS) is 14.3. The van der Waals surface area contributed by atoms with Gasteiger partial charge < -0.3 is 14.8 Å². The fourth-order valence-corrected chi connectivity index (χ4v) is 4.22. The maximum atomic E-state index is 12.9. The quantitative estimate of drug-likeness (QED) is 0.227. The van der Waals surface area contributed by atoms with Crippen molar-refractivity contribution in [2.24, 2.45) is 7.05 Å². The zero-order valence-corrected chi connectivity index (χ0v) is 20.1. The molecule has 0 atom stereocenters. The molecule has 1 amide bonds. The molecule has 1 saturated heterocycles. The Morgan fingerprint density at radius 3 is 2.83 bits per heavy atom. The third-order valence-corrected chi connectivity index (χ3v) is 6.29. The molecule has 2 aromatic heterocycles. The van der Waals surface area contributed by atoms with Crippen LogP contribution < -0.4 is 21.2 Å². The summed E-state index contributed by atoms with van der Waals surface area (Å²) in [6, 6.07) is 5.82. The summed E-state index contributed by atoms with van der Waals surface area (Å²) in [7, 11) is 1.74. The number of hydrogen-bond donors (Lipinski definition) is 3. The monoisotopic (exact) mass is 484 g/mol. The molecule has 0 unspecified atom stereocenters. The SMILES string of the molecule is Cc1ccc(OCCCCCC(=O)NO)cc1Nc1ncc2c(n1)n(C1CCOCC1)c(=O)n2C. The number of carbonyl (C=O) groups excluding carboxylic acids is 1. The van der Waals surface area contributed by atoms with Crippen molar-refractivity contribution in [3.63, 3.8) is 0 Å². The molecule has 3 N–H and O–H groups in total. The number of fused-ring (bicyclic) bond motifs is 1. The van der Waals surface area contributed by atoms with Gasteiger partial charge in [-0.05, 0) is 50.7 Å². The van der Waals surface area contributed by atoms with Gasteiger partial charge >= 0.3 is 5.69 Å². The van der Waals surface area contributed by atoms with Crippen LogP contribution in [0.1, 0.15) is 50.1 Å². The van der Waals surface area contributed by atoms with E-state index in [1.807, 2.05) is 25.1 Å². The van der Waals surface area contributed by atoms with E-state index >= 15 is 0 Å². The second-order valence-electron chi connectivity index (χ2n) is 8.75. The molecular formula is C24H32N6O5. The molecular weight excluding hydrogens is 452 g/mol. The van der Waals surface area contributed by atoms with Crippen LogP contribution in [0.15, 0.2) is 29.2 Å². The second-order valence-corrected chi connectivity index (χ2v) is 8.75. The number of ether oxygens (including phenoxy) is 2. The van der Waals surface area contributed by atoms with E-state index in [0.29, 0.717) is 55.5 Å². The van der Waals surface area contributed by atoms with Gasteiger partial charge in [-0.1, -0.05) is 6.07 Å². The molecule has 0 bridgehead atoms. The van der Waals surface area contributed by atoms with E-state index in [1.54, 1.807) is 27.9 Å². The minimum absolute atomic E-state index is 0.0548. The lowest BCUT2D eigenvalue weighted by molar-refractivity contribution is -0.129. The number of imidazole rings is 1. The van der Waals surface area contributed by atoms with Gasteiger partial charge in [0.1, 0.15) is 11.3 Å². The summed E-state index contributed by atoms with van der Waals surface area (Å²) in [4.78, 5) is 33.1. The standard InChI is InChI=1S/C24H32N6O5/c1-16-7-8-18(35-11-5-3-4-6-21(31)28-33)14-19(16)26-23-25-15-20-22(27-23)30(24(32)29(20)2)17-9-12-34-13-10-17/h7-8,14-15,17,33H,3-6,9-13H2,1-2H3,(H,28,31)(H,25,26,27). The molecule has 3 aromatic rings. The first-order valence-corrected chi connectivity index (χ1v) is 11.9. The highest BCUT2D eigenvalue weighted by Gasteiger charge is 2.23. The Morgan fingerprint density at radius 1 is 1.26 bits per heavy atom. The number of nitrogens with zero attached hydrogens (tertiary/aromatic N) is 4. The predicted molar refractivity (Wildman–Crippen MR) is 130 cm³/mol. The van der Waals surface area contributed by atoms with Gasteiger partial charge in [0.2, 0.25) is 11.9 Å². The minimum Gasteiger partial charge on any atom is -0.494 e. The van der Waals surface area contributed by atoms with Crippen LogP contribution in [0.2, 0.25) is 0 Å². The summed E-state index contributed by atoms with van der Waals surface area (Å²) < 4.78 is 14.7. The number of aryl methyl sites for hydroxylation is 2. The second kappa shape index (κ2) is 11.3. The van der Waals surface area contributed by atoms with Gasteiger partial charge in [0.05, 0.1) is 12.8 Å². The number of unbranched alkanes of at least 4 members (excludes halogenated alkanes) is 2. The fourth-order valence-electron chi connectivity index (χ4n) is 4.22. The highest BCUT2D eigenvalue weighted by Crippen LogP contribution is 2.27. The topological polar surface area (TPSA) is 133 Å². The van der Waals surface area contributed by atoms with Crippen LogP contribution in [-0.2, 0) is 16.6 Å². The van der Waals surface area contributed by atoms with Gasteiger partial charge in [-0.2, -0.15) is 4.98 Å². The number of anilines is 2. The van der Waals surface area contributed by atoms with E-state index < -0.39 is 0 Å². The third-order valence-electron chi connectivity index (χ3n) is 6.29. The van der Waals surface area contributed by atoms with Crippen LogP contribution in [0.25, 0.3) is 11.2 Å². The Morgan fingerprint density at radius 2 is 2.06 bits per heavy atom. The lowest BCUT2D eigenvalue weighted by atomic mass is 10.1. The number of rotatable bonds is 10. The fraction of sp³-hybridized carbons (Fsp3) is 0.500. The van der Waals surface area contributed by atoms with Gasteiger partial charge in [0.15, 0.2) is 5.65 Å². The van der Waals surface area contributed by atoms with E-state index in [4.69, 9.17) is 19.7 Å². The number of carbonyl (C=O) groups is 1. The maximum absolute atomic E-state index is 12.9. The number of hydrogen-bond acceptors (Lipinski definition) is 8. The van der Waals surface area contributed by atoms with Crippen molar-refractivity contribution >= 4 is 28.7 Å². The van der Waals surface area contributed by atoms with Gasteiger partial charge in [-0.25, -0.2) is 15.3 Å². The number of benzene rings is 1. The molecule has 1 fully saturated rings. The summed E-state index contributed by atoms with van der Waals surface area (Å²) in [6.07, 6.45) is 5.83. The molecule has 11 heteroatoms. The van der Waals surface area contributed by atoms with E-state index in [-0.39, 0.29) is 17.6 Å². The van der Waals surface area contributed by atoms with Crippen molar-refractivity contribution < 1.29 is 19.5 Å². The first-order chi connectivity index (χ1) is 17.0. The molecule has 0 spiro atoms. The van der Waals surface area contributed by atoms with Gasteiger partial charge in [-0.15, -0.1) is 0 Å². The molecule has 1 aliphatic rings. The Hall–Kier alpha value is -3.44. The first-order valence-electron chi connectivity index (χ1n) is 11.9. The van der Waals surface area contributed by atoms with Crippen molar-refractivity contribution in [1.29, 1.82) is 0 Å². The Balaban J connectivity index is 1.45.